The van der Waals surface area contributed by atoms with E-state index >= 15 is 0 Å². The van der Waals surface area contributed by atoms with Gasteiger partial charge in [-0.2, -0.15) is 0 Å². The molecule has 1 amide bonds. The van der Waals surface area contributed by atoms with Crippen LogP contribution in [0, 0.1) is 11.8 Å². The summed E-state index contributed by atoms with van der Waals surface area (Å²) >= 11 is 0. The highest BCUT2D eigenvalue weighted by atomic mass is 35.5. The minimum Gasteiger partial charge on any atom is -0.493 e. The van der Waals surface area contributed by atoms with Crippen molar-refractivity contribution in [3.8, 4) is 11.5 Å². The Balaban J connectivity index is 0.00000175. The van der Waals surface area contributed by atoms with Crippen LogP contribution in [0.1, 0.15) is 24.8 Å². The van der Waals surface area contributed by atoms with Crippen molar-refractivity contribution in [1.29, 1.82) is 0 Å². The van der Waals surface area contributed by atoms with Crippen molar-refractivity contribution in [3.05, 3.63) is 29.3 Å². The Hall–Kier alpha value is -1.76. The van der Waals surface area contributed by atoms with Gasteiger partial charge >= 0.3 is 0 Å². The number of piperidine rings is 2. The summed E-state index contributed by atoms with van der Waals surface area (Å²) in [5.74, 6) is 2.57. The van der Waals surface area contributed by atoms with Crippen molar-refractivity contribution in [2.45, 2.75) is 42.9 Å². The Kier molecular flexibility index (Phi) is 3.89. The molecule has 160 valence electrons. The zero-order valence-electron chi connectivity index (χ0n) is 17.3. The van der Waals surface area contributed by atoms with Gasteiger partial charge in [0.1, 0.15) is 0 Å². The molecule has 7 heteroatoms. The number of amides is 1. The van der Waals surface area contributed by atoms with E-state index in [1.54, 1.807) is 19.8 Å². The van der Waals surface area contributed by atoms with Crippen molar-refractivity contribution in [2.75, 3.05) is 38.8 Å². The Morgan fingerprint density at radius 1 is 1.20 bits per heavy atom. The molecule has 5 aliphatic heterocycles. The van der Waals surface area contributed by atoms with E-state index in [0.717, 1.165) is 30.9 Å². The number of hydrogen-bond acceptors (Lipinski definition) is 5. The summed E-state index contributed by atoms with van der Waals surface area (Å²) in [5, 5.41) is 0. The van der Waals surface area contributed by atoms with Crippen LogP contribution in [-0.4, -0.2) is 62.9 Å². The van der Waals surface area contributed by atoms with Crippen LogP contribution in [0.4, 0.5) is 5.69 Å². The second-order valence-corrected chi connectivity index (χ2v) is 9.48. The monoisotopic (exact) mass is 430 g/mol. The maximum atomic E-state index is 13.5. The molecule has 0 N–H and O–H groups in total. The molecule has 4 fully saturated rings. The molecule has 1 spiro atoms. The molecule has 6 nitrogen and oxygen atoms in total. The van der Waals surface area contributed by atoms with Crippen LogP contribution in [0.25, 0.3) is 0 Å². The van der Waals surface area contributed by atoms with Crippen LogP contribution in [0.2, 0.25) is 0 Å². The van der Waals surface area contributed by atoms with E-state index in [0.29, 0.717) is 36.7 Å². The van der Waals surface area contributed by atoms with E-state index in [1.807, 2.05) is 6.07 Å². The minimum atomic E-state index is -0.0242. The topological polar surface area (TPSA) is 51.2 Å². The van der Waals surface area contributed by atoms with Gasteiger partial charge in [0.15, 0.2) is 11.5 Å². The molecule has 5 unspecified atom stereocenters. The van der Waals surface area contributed by atoms with Crippen LogP contribution in [0.3, 0.4) is 0 Å². The van der Waals surface area contributed by atoms with Crippen LogP contribution in [0.5, 0.6) is 11.5 Å². The van der Waals surface area contributed by atoms with E-state index in [4.69, 9.17) is 14.2 Å². The summed E-state index contributed by atoms with van der Waals surface area (Å²) in [4.78, 5) is 18.3. The van der Waals surface area contributed by atoms with Crippen LogP contribution in [0.15, 0.2) is 23.8 Å². The lowest BCUT2D eigenvalue weighted by Crippen LogP contribution is -2.69. The van der Waals surface area contributed by atoms with Crippen LogP contribution in [-0.2, 0) is 14.9 Å². The highest BCUT2D eigenvalue weighted by Gasteiger charge is 2.71. The molecule has 30 heavy (non-hydrogen) atoms. The molecule has 0 aromatic heterocycles. The number of carbonyl (C=O) groups excluding carboxylic acids is 1. The van der Waals surface area contributed by atoms with E-state index in [1.165, 1.54) is 12.0 Å². The maximum absolute atomic E-state index is 13.5. The Labute approximate surface area is 182 Å². The molecule has 1 aliphatic carbocycles. The Morgan fingerprint density at radius 3 is 2.80 bits per heavy atom. The van der Waals surface area contributed by atoms with Gasteiger partial charge in [-0.25, -0.2) is 0 Å². The third-order valence-electron chi connectivity index (χ3n) is 8.81. The predicted octanol–water partition coefficient (Wildman–Crippen LogP) is 2.53. The first-order chi connectivity index (χ1) is 14.2. The second kappa shape index (κ2) is 6.15. The summed E-state index contributed by atoms with van der Waals surface area (Å²) in [6.45, 7) is 2.80. The molecule has 1 saturated carbocycles. The second-order valence-electron chi connectivity index (χ2n) is 9.48. The van der Waals surface area contributed by atoms with Crippen molar-refractivity contribution in [3.63, 3.8) is 0 Å². The Bertz CT molecular complexity index is 980. The number of carbonyl (C=O) groups is 1. The molecular weight excluding hydrogens is 404 g/mol. The number of ether oxygens (including phenoxy) is 3. The van der Waals surface area contributed by atoms with Gasteiger partial charge in [-0.1, -0.05) is 11.6 Å². The van der Waals surface area contributed by atoms with Gasteiger partial charge in [0.05, 0.1) is 45.1 Å². The zero-order chi connectivity index (χ0) is 19.5. The van der Waals surface area contributed by atoms with Crippen molar-refractivity contribution in [1.82, 2.24) is 4.90 Å². The molecule has 5 heterocycles. The van der Waals surface area contributed by atoms with E-state index in [9.17, 15) is 4.79 Å². The van der Waals surface area contributed by atoms with E-state index in [2.05, 4.69) is 21.9 Å². The highest BCUT2D eigenvalue weighted by molar-refractivity contribution is 5.99. The normalized spacial score (nSPS) is 39.7. The molecular formula is C23H27ClN2O4. The number of anilines is 1. The molecule has 7 rings (SSSR count). The molecule has 0 radical (unpaired) electrons. The number of rotatable bonds is 2. The smallest absolute Gasteiger partial charge is 0.229 e. The average molecular weight is 431 g/mol. The van der Waals surface area contributed by atoms with Crippen LogP contribution < -0.4 is 14.4 Å². The molecule has 3 saturated heterocycles. The van der Waals surface area contributed by atoms with E-state index < -0.39 is 0 Å². The van der Waals surface area contributed by atoms with Gasteiger partial charge in [0, 0.05) is 30.0 Å². The maximum Gasteiger partial charge on any atom is 0.229 e. The average Bonchev–Trinajstić information content (AvgIpc) is 3.20. The fourth-order valence-electron chi connectivity index (χ4n) is 7.87. The fourth-order valence-corrected chi connectivity index (χ4v) is 7.87. The summed E-state index contributed by atoms with van der Waals surface area (Å²) in [6.07, 6.45) is 5.11. The van der Waals surface area contributed by atoms with Gasteiger partial charge in [-0.05, 0) is 36.9 Å². The van der Waals surface area contributed by atoms with Gasteiger partial charge in [0.2, 0.25) is 5.91 Å². The summed E-state index contributed by atoms with van der Waals surface area (Å²) in [7, 11) is 3.36. The first-order valence-electron chi connectivity index (χ1n) is 10.8. The number of nitrogens with zero attached hydrogens (tertiary/aromatic N) is 2. The third kappa shape index (κ3) is 1.96. The summed E-state index contributed by atoms with van der Waals surface area (Å²) in [5.41, 5.74) is 3.85. The number of halogens is 1. The van der Waals surface area contributed by atoms with Crippen molar-refractivity contribution in [2.24, 2.45) is 11.8 Å². The van der Waals surface area contributed by atoms with Crippen molar-refractivity contribution < 1.29 is 19.0 Å². The Morgan fingerprint density at radius 2 is 2.00 bits per heavy atom. The molecule has 2 bridgehead atoms. The molecule has 1 aromatic rings. The minimum absolute atomic E-state index is 0. The number of fused-ring (bicyclic) bond motifs is 2. The largest absolute Gasteiger partial charge is 0.493 e. The van der Waals surface area contributed by atoms with Gasteiger partial charge < -0.3 is 19.1 Å². The summed E-state index contributed by atoms with van der Waals surface area (Å²) in [6, 6.07) is 4.87. The zero-order valence-corrected chi connectivity index (χ0v) is 18.1. The lowest BCUT2D eigenvalue weighted by Gasteiger charge is -2.58. The third-order valence-corrected chi connectivity index (χ3v) is 8.81. The van der Waals surface area contributed by atoms with E-state index in [-0.39, 0.29) is 35.9 Å². The number of methoxy groups -OCH3 is 2. The van der Waals surface area contributed by atoms with Crippen molar-refractivity contribution >= 4 is 24.0 Å². The number of benzene rings is 1. The standard InChI is InChI=1S/C23H26N2O4.ClH/c1-27-16-8-14-15(9-17(16)28-2)25-20(26)10-18-21-13-7-19-23(14,22(21)25)4-5-24(19)11-12(13)3-6-29-18;/h3,8-9,13,18-19,21-22H,4-7,10-11H2,1-2H3;1H/t13?,18?,19?,21?,22?,23-;/m1./s1. The molecule has 6 atom stereocenters. The fraction of sp³-hybridized carbons (Fsp3) is 0.609. The first-order valence-corrected chi connectivity index (χ1v) is 10.8. The molecule has 1 aromatic carbocycles. The SMILES string of the molecule is COc1cc2c(cc1OC)[C@@]13CCN4CC5=CCOC6CC(=O)N2C1C6C5CC43.Cl. The highest BCUT2D eigenvalue weighted by Crippen LogP contribution is 2.66. The van der Waals surface area contributed by atoms with Crippen LogP contribution >= 0.6 is 12.4 Å². The first kappa shape index (κ1) is 19.0. The summed E-state index contributed by atoms with van der Waals surface area (Å²) < 4.78 is 17.6. The lowest BCUT2D eigenvalue weighted by atomic mass is 9.53. The quantitative estimate of drug-likeness (QED) is 0.675. The molecule has 6 aliphatic rings. The predicted molar refractivity (Wildman–Crippen MR) is 114 cm³/mol. The van der Waals surface area contributed by atoms with Gasteiger partial charge in [-0.3, -0.25) is 9.69 Å². The lowest BCUT2D eigenvalue weighted by molar-refractivity contribution is -0.132. The van der Waals surface area contributed by atoms with Gasteiger partial charge in [0.25, 0.3) is 0 Å². The number of hydrogen-bond donors (Lipinski definition) is 0. The van der Waals surface area contributed by atoms with Gasteiger partial charge in [-0.15, -0.1) is 12.4 Å².